The minimum atomic E-state index is 1.11. The quantitative estimate of drug-likeness (QED) is 0.499. The third kappa shape index (κ3) is 2.41. The van der Waals surface area contributed by atoms with Gasteiger partial charge in [0.25, 0.3) is 0 Å². The Morgan fingerprint density at radius 2 is 0.818 bits per heavy atom. The minimum absolute atomic E-state index is 1.11. The zero-order valence-corrected chi connectivity index (χ0v) is 14.3. The van der Waals surface area contributed by atoms with E-state index in [1.807, 2.05) is 0 Å². The van der Waals surface area contributed by atoms with Gasteiger partial charge in [0.1, 0.15) is 0 Å². The van der Waals surface area contributed by atoms with Crippen molar-refractivity contribution in [2.24, 2.45) is 0 Å². The highest BCUT2D eigenvalue weighted by Gasteiger charge is 2.08. The summed E-state index contributed by atoms with van der Waals surface area (Å²) in [7, 11) is 0. The molecule has 0 bridgehead atoms. The molecule has 0 heteroatoms. The average Bonchev–Trinajstić information content (AvgIpc) is 2.58. The molecule has 22 heavy (non-hydrogen) atoms. The van der Waals surface area contributed by atoms with Crippen LogP contribution in [-0.4, -0.2) is 0 Å². The van der Waals surface area contributed by atoms with Crippen molar-refractivity contribution in [2.75, 3.05) is 0 Å². The summed E-state index contributed by atoms with van der Waals surface area (Å²) in [5.74, 6) is 0. The van der Waals surface area contributed by atoms with E-state index in [0.717, 1.165) is 25.7 Å². The molecule has 3 aromatic rings. The van der Waals surface area contributed by atoms with Gasteiger partial charge in [-0.2, -0.15) is 0 Å². The van der Waals surface area contributed by atoms with Crippen molar-refractivity contribution in [1.82, 2.24) is 0 Å². The summed E-state index contributed by atoms with van der Waals surface area (Å²) >= 11 is 0. The number of benzene rings is 3. The van der Waals surface area contributed by atoms with E-state index in [1.54, 1.807) is 0 Å². The van der Waals surface area contributed by atoms with Crippen LogP contribution in [0.15, 0.2) is 36.4 Å². The van der Waals surface area contributed by atoms with Gasteiger partial charge >= 0.3 is 0 Å². The molecule has 0 aliphatic carbocycles. The SMILES string of the molecule is CCc1cc2ccc3cc(CC)c(CC)cc3c2cc1CC. The zero-order valence-electron chi connectivity index (χ0n) is 14.3. The standard InChI is InChI=1S/C22H26/c1-5-15-11-19-9-10-20-12-16(6-2)18(8-4)14-22(20)21(19)13-17(15)7-3/h9-14H,5-8H2,1-4H3. The van der Waals surface area contributed by atoms with Crippen LogP contribution in [0.1, 0.15) is 49.9 Å². The van der Waals surface area contributed by atoms with E-state index in [0.29, 0.717) is 0 Å². The first-order chi connectivity index (χ1) is 10.7. The minimum Gasteiger partial charge on any atom is -0.0613 e. The summed E-state index contributed by atoms with van der Waals surface area (Å²) < 4.78 is 0. The highest BCUT2D eigenvalue weighted by atomic mass is 14.1. The number of hydrogen-bond donors (Lipinski definition) is 0. The maximum Gasteiger partial charge on any atom is -0.0102 e. The molecule has 0 heterocycles. The van der Waals surface area contributed by atoms with E-state index in [-0.39, 0.29) is 0 Å². The molecule has 0 aromatic heterocycles. The summed E-state index contributed by atoms with van der Waals surface area (Å²) in [4.78, 5) is 0. The van der Waals surface area contributed by atoms with E-state index < -0.39 is 0 Å². The lowest BCUT2D eigenvalue weighted by Gasteiger charge is -2.13. The van der Waals surface area contributed by atoms with E-state index in [2.05, 4.69) is 64.1 Å². The maximum atomic E-state index is 2.43. The third-order valence-corrected chi connectivity index (χ3v) is 5.00. The Labute approximate surface area is 134 Å². The molecule has 0 atom stereocenters. The molecule has 114 valence electrons. The monoisotopic (exact) mass is 290 g/mol. The first kappa shape index (κ1) is 15.1. The van der Waals surface area contributed by atoms with Gasteiger partial charge in [-0.15, -0.1) is 0 Å². The highest BCUT2D eigenvalue weighted by Crippen LogP contribution is 2.31. The molecular weight excluding hydrogens is 264 g/mol. The zero-order chi connectivity index (χ0) is 15.7. The van der Waals surface area contributed by atoms with Crippen molar-refractivity contribution < 1.29 is 0 Å². The lowest BCUT2D eigenvalue weighted by molar-refractivity contribution is 1.04. The van der Waals surface area contributed by atoms with E-state index in [1.165, 1.54) is 43.8 Å². The smallest absolute Gasteiger partial charge is 0.0102 e. The summed E-state index contributed by atoms with van der Waals surface area (Å²) in [6.07, 6.45) is 4.46. The van der Waals surface area contributed by atoms with Crippen LogP contribution in [0.3, 0.4) is 0 Å². The predicted octanol–water partition coefficient (Wildman–Crippen LogP) is 6.24. The second kappa shape index (κ2) is 6.12. The largest absolute Gasteiger partial charge is 0.0613 e. The molecule has 0 aliphatic heterocycles. The number of hydrogen-bond acceptors (Lipinski definition) is 0. The van der Waals surface area contributed by atoms with Crippen LogP contribution in [0.4, 0.5) is 0 Å². The third-order valence-electron chi connectivity index (χ3n) is 5.00. The predicted molar refractivity (Wildman–Crippen MR) is 99.0 cm³/mol. The Kier molecular flexibility index (Phi) is 4.20. The van der Waals surface area contributed by atoms with Gasteiger partial charge in [-0.25, -0.2) is 0 Å². The molecule has 0 nitrogen and oxygen atoms in total. The van der Waals surface area contributed by atoms with Crippen LogP contribution in [0.5, 0.6) is 0 Å². The Bertz CT molecular complexity index is 754. The van der Waals surface area contributed by atoms with Crippen LogP contribution in [0, 0.1) is 0 Å². The molecule has 0 N–H and O–H groups in total. The highest BCUT2D eigenvalue weighted by molar-refractivity contribution is 6.08. The maximum absolute atomic E-state index is 2.43. The molecule has 0 aliphatic rings. The fourth-order valence-electron chi connectivity index (χ4n) is 3.66. The van der Waals surface area contributed by atoms with Crippen LogP contribution in [0.2, 0.25) is 0 Å². The molecule has 3 aromatic carbocycles. The molecular formula is C22H26. The number of fused-ring (bicyclic) bond motifs is 3. The molecule has 0 saturated carbocycles. The lowest BCUT2D eigenvalue weighted by Crippen LogP contribution is -1.94. The topological polar surface area (TPSA) is 0 Å². The van der Waals surface area contributed by atoms with Crippen LogP contribution < -0.4 is 0 Å². The first-order valence-electron chi connectivity index (χ1n) is 8.71. The van der Waals surface area contributed by atoms with Gasteiger partial charge in [-0.3, -0.25) is 0 Å². The Morgan fingerprint density at radius 1 is 0.500 bits per heavy atom. The van der Waals surface area contributed by atoms with Gasteiger partial charge < -0.3 is 0 Å². The van der Waals surface area contributed by atoms with Crippen LogP contribution in [0.25, 0.3) is 21.5 Å². The van der Waals surface area contributed by atoms with Crippen molar-refractivity contribution in [3.05, 3.63) is 58.7 Å². The second-order valence-corrected chi connectivity index (χ2v) is 6.16. The summed E-state index contributed by atoms with van der Waals surface area (Å²) in [6, 6.07) is 14.2. The second-order valence-electron chi connectivity index (χ2n) is 6.16. The van der Waals surface area contributed by atoms with Gasteiger partial charge in [-0.05, 0) is 69.5 Å². The van der Waals surface area contributed by atoms with E-state index in [9.17, 15) is 0 Å². The van der Waals surface area contributed by atoms with Crippen molar-refractivity contribution >= 4 is 21.5 Å². The average molecular weight is 290 g/mol. The summed E-state index contributed by atoms with van der Waals surface area (Å²) in [6.45, 7) is 9.03. The summed E-state index contributed by atoms with van der Waals surface area (Å²) in [5, 5.41) is 5.61. The van der Waals surface area contributed by atoms with Crippen molar-refractivity contribution in [3.8, 4) is 0 Å². The fourth-order valence-corrected chi connectivity index (χ4v) is 3.66. The number of rotatable bonds is 4. The molecule has 0 unspecified atom stereocenters. The molecule has 0 saturated heterocycles. The summed E-state index contributed by atoms with van der Waals surface area (Å²) in [5.41, 5.74) is 5.99. The van der Waals surface area contributed by atoms with Crippen molar-refractivity contribution in [1.29, 1.82) is 0 Å². The van der Waals surface area contributed by atoms with Crippen molar-refractivity contribution in [2.45, 2.75) is 53.4 Å². The first-order valence-corrected chi connectivity index (χ1v) is 8.71. The van der Waals surface area contributed by atoms with E-state index in [4.69, 9.17) is 0 Å². The van der Waals surface area contributed by atoms with Crippen molar-refractivity contribution in [3.63, 3.8) is 0 Å². The molecule has 0 fully saturated rings. The lowest BCUT2D eigenvalue weighted by atomic mass is 9.91. The number of aryl methyl sites for hydroxylation is 4. The molecule has 0 spiro atoms. The Hall–Kier alpha value is -1.82. The van der Waals surface area contributed by atoms with Crippen LogP contribution >= 0.6 is 0 Å². The van der Waals surface area contributed by atoms with Gasteiger partial charge in [-0.1, -0.05) is 64.1 Å². The molecule has 0 radical (unpaired) electrons. The van der Waals surface area contributed by atoms with Gasteiger partial charge in [0, 0.05) is 0 Å². The molecule has 0 amide bonds. The van der Waals surface area contributed by atoms with Gasteiger partial charge in [0.05, 0.1) is 0 Å². The van der Waals surface area contributed by atoms with E-state index >= 15 is 0 Å². The van der Waals surface area contributed by atoms with Crippen LogP contribution in [-0.2, 0) is 25.7 Å². The van der Waals surface area contributed by atoms with Gasteiger partial charge in [0.2, 0.25) is 0 Å². The Balaban J connectivity index is 2.38. The Morgan fingerprint density at radius 3 is 1.14 bits per heavy atom. The molecule has 3 rings (SSSR count). The fraction of sp³-hybridized carbons (Fsp3) is 0.364. The van der Waals surface area contributed by atoms with Gasteiger partial charge in [0.15, 0.2) is 0 Å². The normalized spacial score (nSPS) is 11.5.